The molecule has 1 aliphatic heterocycles. The first-order chi connectivity index (χ1) is 7.59. The number of piperazine rings is 1. The van der Waals surface area contributed by atoms with Gasteiger partial charge in [0.2, 0.25) is 11.8 Å². The molecule has 5 heteroatoms. The Morgan fingerprint density at radius 3 is 2.88 bits per heavy atom. The Morgan fingerprint density at radius 2 is 2.12 bits per heavy atom. The van der Waals surface area contributed by atoms with E-state index in [2.05, 4.69) is 21.2 Å². The molecule has 16 heavy (non-hydrogen) atoms. The maximum atomic E-state index is 11.7. The van der Waals surface area contributed by atoms with Crippen molar-refractivity contribution in [1.29, 1.82) is 0 Å². The third-order valence-electron chi connectivity index (χ3n) is 2.57. The van der Waals surface area contributed by atoms with Crippen molar-refractivity contribution in [2.24, 2.45) is 0 Å². The quantitative estimate of drug-likeness (QED) is 0.842. The summed E-state index contributed by atoms with van der Waals surface area (Å²) in [4.78, 5) is 24.5. The van der Waals surface area contributed by atoms with Gasteiger partial charge in [0.15, 0.2) is 0 Å². The van der Waals surface area contributed by atoms with Gasteiger partial charge in [-0.1, -0.05) is 22.0 Å². The van der Waals surface area contributed by atoms with Gasteiger partial charge in [0, 0.05) is 10.2 Å². The van der Waals surface area contributed by atoms with Gasteiger partial charge in [-0.15, -0.1) is 0 Å². The van der Waals surface area contributed by atoms with Gasteiger partial charge in [-0.2, -0.15) is 0 Å². The molecule has 1 aliphatic rings. The molecule has 0 aromatic heterocycles. The van der Waals surface area contributed by atoms with Crippen molar-refractivity contribution in [3.63, 3.8) is 0 Å². The van der Waals surface area contributed by atoms with Crippen molar-refractivity contribution in [1.82, 2.24) is 5.32 Å². The summed E-state index contributed by atoms with van der Waals surface area (Å²) in [5.41, 5.74) is 1.75. The molecule has 0 spiro atoms. The summed E-state index contributed by atoms with van der Waals surface area (Å²) in [6, 6.07) is 5.61. The van der Waals surface area contributed by atoms with Gasteiger partial charge in [0.05, 0.1) is 6.54 Å². The average Bonchev–Trinajstić information content (AvgIpc) is 2.26. The number of anilines is 1. The number of halogens is 1. The van der Waals surface area contributed by atoms with Gasteiger partial charge in [-0.3, -0.25) is 9.59 Å². The van der Waals surface area contributed by atoms with E-state index in [0.717, 1.165) is 15.7 Å². The molecule has 1 heterocycles. The zero-order valence-electron chi connectivity index (χ0n) is 8.79. The molecular formula is C11H11BrN2O2. The number of nitrogens with one attached hydrogen (secondary N) is 1. The minimum atomic E-state index is -0.126. The highest BCUT2D eigenvalue weighted by Crippen LogP contribution is 2.27. The minimum absolute atomic E-state index is 0.0742. The molecule has 4 nitrogen and oxygen atoms in total. The van der Waals surface area contributed by atoms with Crippen LogP contribution in [0.25, 0.3) is 0 Å². The lowest BCUT2D eigenvalue weighted by Crippen LogP contribution is -2.51. The molecule has 0 radical (unpaired) electrons. The predicted octanol–water partition coefficient (Wildman–Crippen LogP) is 1.22. The van der Waals surface area contributed by atoms with Crippen molar-refractivity contribution >= 4 is 33.4 Å². The monoisotopic (exact) mass is 282 g/mol. The van der Waals surface area contributed by atoms with E-state index in [1.165, 1.54) is 4.90 Å². The standard InChI is InChI=1S/C11H11BrN2O2/c1-7-8(12)3-2-4-9(7)14-6-10(15)13-5-11(14)16/h2-4H,5-6H2,1H3,(H,13,15). The van der Waals surface area contributed by atoms with Gasteiger partial charge in [0.1, 0.15) is 6.54 Å². The molecule has 1 aromatic rings. The summed E-state index contributed by atoms with van der Waals surface area (Å²) in [6.07, 6.45) is 0. The fraction of sp³-hybridized carbons (Fsp3) is 0.273. The number of rotatable bonds is 1. The van der Waals surface area contributed by atoms with Crippen LogP contribution < -0.4 is 10.2 Å². The molecule has 0 unspecified atom stereocenters. The highest BCUT2D eigenvalue weighted by atomic mass is 79.9. The second-order valence-electron chi connectivity index (χ2n) is 3.64. The Hall–Kier alpha value is -1.36. The Labute approximate surface area is 102 Å². The van der Waals surface area contributed by atoms with E-state index in [4.69, 9.17) is 0 Å². The van der Waals surface area contributed by atoms with Crippen molar-refractivity contribution in [2.45, 2.75) is 6.92 Å². The maximum absolute atomic E-state index is 11.7. The summed E-state index contributed by atoms with van der Waals surface area (Å²) in [7, 11) is 0. The molecule has 2 rings (SSSR count). The van der Waals surface area contributed by atoms with Crippen molar-refractivity contribution < 1.29 is 9.59 Å². The normalized spacial score (nSPS) is 16.2. The number of amides is 2. The Kier molecular flexibility index (Phi) is 2.96. The maximum Gasteiger partial charge on any atom is 0.246 e. The van der Waals surface area contributed by atoms with E-state index in [-0.39, 0.29) is 24.9 Å². The number of benzene rings is 1. The molecule has 0 aliphatic carbocycles. The van der Waals surface area contributed by atoms with Gasteiger partial charge >= 0.3 is 0 Å². The van der Waals surface area contributed by atoms with E-state index < -0.39 is 0 Å². The van der Waals surface area contributed by atoms with Crippen LogP contribution in [0, 0.1) is 6.92 Å². The van der Waals surface area contributed by atoms with Gasteiger partial charge in [0.25, 0.3) is 0 Å². The summed E-state index contributed by atoms with van der Waals surface area (Å²) in [6.45, 7) is 2.08. The largest absolute Gasteiger partial charge is 0.345 e. The zero-order chi connectivity index (χ0) is 11.7. The van der Waals surface area contributed by atoms with Crippen molar-refractivity contribution in [3.05, 3.63) is 28.2 Å². The first-order valence-electron chi connectivity index (χ1n) is 4.92. The number of carbonyl (C=O) groups excluding carboxylic acids is 2. The van der Waals surface area contributed by atoms with E-state index >= 15 is 0 Å². The molecule has 1 fully saturated rings. The Balaban J connectivity index is 2.39. The smallest absolute Gasteiger partial charge is 0.246 e. The molecule has 1 saturated heterocycles. The van der Waals surface area contributed by atoms with E-state index in [0.29, 0.717) is 0 Å². The van der Waals surface area contributed by atoms with Crippen LogP contribution in [-0.2, 0) is 9.59 Å². The highest BCUT2D eigenvalue weighted by Gasteiger charge is 2.25. The number of hydrogen-bond donors (Lipinski definition) is 1. The number of carbonyl (C=O) groups is 2. The topological polar surface area (TPSA) is 49.4 Å². The zero-order valence-corrected chi connectivity index (χ0v) is 10.4. The molecule has 2 amide bonds. The number of nitrogens with zero attached hydrogens (tertiary/aromatic N) is 1. The lowest BCUT2D eigenvalue weighted by Gasteiger charge is -2.28. The van der Waals surface area contributed by atoms with Crippen molar-refractivity contribution in [2.75, 3.05) is 18.0 Å². The molecule has 84 valence electrons. The average molecular weight is 283 g/mol. The van der Waals surface area contributed by atoms with Crippen LogP contribution in [0.5, 0.6) is 0 Å². The van der Waals surface area contributed by atoms with Crippen LogP contribution in [-0.4, -0.2) is 24.9 Å². The van der Waals surface area contributed by atoms with Crippen LogP contribution >= 0.6 is 15.9 Å². The molecule has 0 bridgehead atoms. The minimum Gasteiger partial charge on any atom is -0.345 e. The molecule has 1 aromatic carbocycles. The third-order valence-corrected chi connectivity index (χ3v) is 3.43. The second kappa shape index (κ2) is 4.25. The van der Waals surface area contributed by atoms with Gasteiger partial charge in [-0.25, -0.2) is 0 Å². The van der Waals surface area contributed by atoms with Crippen LogP contribution in [0.1, 0.15) is 5.56 Å². The predicted molar refractivity (Wildman–Crippen MR) is 64.2 cm³/mol. The lowest BCUT2D eigenvalue weighted by atomic mass is 10.1. The summed E-state index contributed by atoms with van der Waals surface area (Å²) in [5, 5.41) is 2.52. The fourth-order valence-electron chi connectivity index (χ4n) is 1.67. The Bertz CT molecular complexity index is 459. The van der Waals surface area contributed by atoms with Crippen LogP contribution in [0.3, 0.4) is 0 Å². The second-order valence-corrected chi connectivity index (χ2v) is 4.49. The fourth-order valence-corrected chi connectivity index (χ4v) is 2.02. The van der Waals surface area contributed by atoms with Crippen LogP contribution in [0.4, 0.5) is 5.69 Å². The van der Waals surface area contributed by atoms with Crippen molar-refractivity contribution in [3.8, 4) is 0 Å². The van der Waals surface area contributed by atoms with Crippen LogP contribution in [0.15, 0.2) is 22.7 Å². The highest BCUT2D eigenvalue weighted by molar-refractivity contribution is 9.10. The molecular weight excluding hydrogens is 272 g/mol. The van der Waals surface area contributed by atoms with E-state index in [1.807, 2.05) is 25.1 Å². The summed E-state index contributed by atoms with van der Waals surface area (Å²) < 4.78 is 0.934. The Morgan fingerprint density at radius 1 is 1.38 bits per heavy atom. The molecule has 0 atom stereocenters. The van der Waals surface area contributed by atoms with Gasteiger partial charge < -0.3 is 10.2 Å². The van der Waals surface area contributed by atoms with E-state index in [9.17, 15) is 9.59 Å². The number of hydrogen-bond acceptors (Lipinski definition) is 2. The van der Waals surface area contributed by atoms with E-state index in [1.54, 1.807) is 0 Å². The third kappa shape index (κ3) is 1.95. The molecule has 1 N–H and O–H groups in total. The van der Waals surface area contributed by atoms with Crippen LogP contribution in [0.2, 0.25) is 0 Å². The van der Waals surface area contributed by atoms with Gasteiger partial charge in [-0.05, 0) is 24.6 Å². The molecule has 0 saturated carbocycles. The summed E-state index contributed by atoms with van der Waals surface area (Å²) >= 11 is 3.41. The first kappa shape index (κ1) is 11.1. The SMILES string of the molecule is Cc1c(Br)cccc1N1CC(=O)NCC1=O. The lowest BCUT2D eigenvalue weighted by molar-refractivity contribution is -0.128. The summed E-state index contributed by atoms with van der Waals surface area (Å²) in [5.74, 6) is -0.209. The first-order valence-corrected chi connectivity index (χ1v) is 5.71.